The van der Waals surface area contributed by atoms with Crippen LogP contribution in [0.1, 0.15) is 22.3 Å². The summed E-state index contributed by atoms with van der Waals surface area (Å²) in [6, 6.07) is 5.67. The summed E-state index contributed by atoms with van der Waals surface area (Å²) < 4.78 is 5.50. The maximum Gasteiger partial charge on any atom is 0.251 e. The number of benzene rings is 1. The monoisotopic (exact) mass is 239 g/mol. The van der Waals surface area contributed by atoms with Gasteiger partial charge in [-0.3, -0.25) is 4.79 Å². The minimum Gasteiger partial charge on any atom is -0.494 e. The van der Waals surface area contributed by atoms with E-state index in [0.29, 0.717) is 12.5 Å². The lowest BCUT2D eigenvalue weighted by molar-refractivity contribution is 0.0945. The van der Waals surface area contributed by atoms with Gasteiger partial charge in [-0.2, -0.15) is 0 Å². The molecule has 0 aromatic heterocycles. The zero-order chi connectivity index (χ0) is 11.4. The zero-order valence-corrected chi connectivity index (χ0v) is 9.72. The molecular formula is C12H14ClNO2. The second-order valence-electron chi connectivity index (χ2n) is 3.72. The molecule has 0 saturated carbocycles. The Hall–Kier alpha value is -1.22. The molecule has 0 atom stereocenters. The Kier molecular flexibility index (Phi) is 3.67. The van der Waals surface area contributed by atoms with Crippen LogP contribution in [-0.2, 0) is 6.42 Å². The Morgan fingerprint density at radius 3 is 3.12 bits per heavy atom. The van der Waals surface area contributed by atoms with Crippen molar-refractivity contribution < 1.29 is 9.53 Å². The Morgan fingerprint density at radius 1 is 1.44 bits per heavy atom. The molecule has 0 saturated heterocycles. The van der Waals surface area contributed by atoms with E-state index in [2.05, 4.69) is 5.32 Å². The third-order valence-electron chi connectivity index (χ3n) is 2.55. The summed E-state index contributed by atoms with van der Waals surface area (Å²) in [6.07, 6.45) is 1.70. The van der Waals surface area contributed by atoms with Gasteiger partial charge in [-0.15, -0.1) is 11.6 Å². The SMILES string of the molecule is O=C1NCCc2ccc(OCCCCl)cc21. The van der Waals surface area contributed by atoms with Crippen molar-refractivity contribution in [2.24, 2.45) is 0 Å². The van der Waals surface area contributed by atoms with Gasteiger partial charge in [0.25, 0.3) is 5.91 Å². The minimum absolute atomic E-state index is 0.0101. The molecule has 86 valence electrons. The molecule has 1 aromatic rings. The first-order chi connectivity index (χ1) is 7.81. The van der Waals surface area contributed by atoms with Crippen molar-refractivity contribution in [3.63, 3.8) is 0 Å². The summed E-state index contributed by atoms with van der Waals surface area (Å²) in [5.74, 6) is 1.32. The van der Waals surface area contributed by atoms with Gasteiger partial charge in [-0.25, -0.2) is 0 Å². The van der Waals surface area contributed by atoms with E-state index in [9.17, 15) is 4.79 Å². The normalized spacial score (nSPS) is 14.2. The lowest BCUT2D eigenvalue weighted by Gasteiger charge is -2.17. The highest BCUT2D eigenvalue weighted by molar-refractivity contribution is 6.17. The van der Waals surface area contributed by atoms with Crippen LogP contribution < -0.4 is 10.1 Å². The average Bonchev–Trinajstić information content (AvgIpc) is 2.30. The summed E-state index contributed by atoms with van der Waals surface area (Å²) >= 11 is 5.56. The molecule has 1 amide bonds. The van der Waals surface area contributed by atoms with Crippen LogP contribution in [0, 0.1) is 0 Å². The summed E-state index contributed by atoms with van der Waals surface area (Å²) in [6.45, 7) is 1.31. The largest absolute Gasteiger partial charge is 0.494 e. The standard InChI is InChI=1S/C12H14ClNO2/c13-5-1-7-16-10-3-2-9-4-6-14-12(15)11(9)8-10/h2-3,8H,1,4-7H2,(H,14,15). The van der Waals surface area contributed by atoms with Crippen molar-refractivity contribution in [1.29, 1.82) is 0 Å². The van der Waals surface area contributed by atoms with Crippen molar-refractivity contribution in [3.05, 3.63) is 29.3 Å². The number of carbonyl (C=O) groups is 1. The first kappa shape index (κ1) is 11.3. The summed E-state index contributed by atoms with van der Waals surface area (Å²) in [4.78, 5) is 11.6. The molecule has 4 heteroatoms. The highest BCUT2D eigenvalue weighted by Crippen LogP contribution is 2.20. The zero-order valence-electron chi connectivity index (χ0n) is 8.96. The lowest BCUT2D eigenvalue weighted by atomic mass is 10.0. The minimum atomic E-state index is -0.0101. The van der Waals surface area contributed by atoms with Gasteiger partial charge in [0.1, 0.15) is 5.75 Å². The quantitative estimate of drug-likeness (QED) is 0.645. The molecule has 2 rings (SSSR count). The third kappa shape index (κ3) is 2.47. The van der Waals surface area contributed by atoms with Crippen LogP contribution in [0.25, 0.3) is 0 Å². The molecule has 0 bridgehead atoms. The molecule has 1 N–H and O–H groups in total. The second-order valence-corrected chi connectivity index (χ2v) is 4.09. The lowest BCUT2D eigenvalue weighted by Crippen LogP contribution is -2.31. The highest BCUT2D eigenvalue weighted by atomic mass is 35.5. The molecule has 1 aromatic carbocycles. The number of carbonyl (C=O) groups excluding carboxylic acids is 1. The summed E-state index contributed by atoms with van der Waals surface area (Å²) in [5.41, 5.74) is 1.82. The van der Waals surface area contributed by atoms with Crippen LogP contribution in [0.3, 0.4) is 0 Å². The highest BCUT2D eigenvalue weighted by Gasteiger charge is 2.16. The number of amides is 1. The van der Waals surface area contributed by atoms with Crippen molar-refractivity contribution in [1.82, 2.24) is 5.32 Å². The Morgan fingerprint density at radius 2 is 2.31 bits per heavy atom. The van der Waals surface area contributed by atoms with Crippen LogP contribution in [0.2, 0.25) is 0 Å². The van der Waals surface area contributed by atoms with Gasteiger partial charge < -0.3 is 10.1 Å². The Balaban J connectivity index is 2.11. The molecular weight excluding hydrogens is 226 g/mol. The van der Waals surface area contributed by atoms with Crippen LogP contribution in [0.5, 0.6) is 5.75 Å². The summed E-state index contributed by atoms with van der Waals surface area (Å²) in [7, 11) is 0. The van der Waals surface area contributed by atoms with Crippen molar-refractivity contribution in [2.45, 2.75) is 12.8 Å². The maximum absolute atomic E-state index is 11.6. The molecule has 0 aliphatic carbocycles. The fourth-order valence-electron chi connectivity index (χ4n) is 1.73. The Bertz CT molecular complexity index is 393. The average molecular weight is 240 g/mol. The molecule has 1 aliphatic rings. The van der Waals surface area contributed by atoms with E-state index in [1.54, 1.807) is 6.07 Å². The number of alkyl halides is 1. The Labute approximate surface area is 99.7 Å². The first-order valence-corrected chi connectivity index (χ1v) is 5.94. The van der Waals surface area contributed by atoms with Gasteiger partial charge in [0.15, 0.2) is 0 Å². The van der Waals surface area contributed by atoms with Crippen LogP contribution in [0.15, 0.2) is 18.2 Å². The topological polar surface area (TPSA) is 38.3 Å². The fraction of sp³-hybridized carbons (Fsp3) is 0.417. The molecule has 0 unspecified atom stereocenters. The molecule has 0 spiro atoms. The predicted octanol–water partition coefficient (Wildman–Crippen LogP) is 1.98. The van der Waals surface area contributed by atoms with E-state index in [1.165, 1.54) is 0 Å². The smallest absolute Gasteiger partial charge is 0.251 e. The number of hydrogen-bond acceptors (Lipinski definition) is 2. The van der Waals surface area contributed by atoms with Crippen LogP contribution in [0.4, 0.5) is 0 Å². The number of fused-ring (bicyclic) bond motifs is 1. The number of halogens is 1. The van der Waals surface area contributed by atoms with Gasteiger partial charge in [-0.1, -0.05) is 6.07 Å². The van der Waals surface area contributed by atoms with Gasteiger partial charge in [0.2, 0.25) is 0 Å². The van der Waals surface area contributed by atoms with E-state index in [4.69, 9.17) is 16.3 Å². The van der Waals surface area contributed by atoms with Gasteiger partial charge in [-0.05, 0) is 30.5 Å². The van der Waals surface area contributed by atoms with Gasteiger partial charge in [0.05, 0.1) is 6.61 Å². The second kappa shape index (κ2) is 5.21. The van der Waals surface area contributed by atoms with Crippen molar-refractivity contribution in [2.75, 3.05) is 19.0 Å². The van der Waals surface area contributed by atoms with E-state index in [1.807, 2.05) is 12.1 Å². The van der Waals surface area contributed by atoms with Crippen LogP contribution in [-0.4, -0.2) is 24.9 Å². The number of ether oxygens (including phenoxy) is 1. The van der Waals surface area contributed by atoms with E-state index >= 15 is 0 Å². The van der Waals surface area contributed by atoms with E-state index < -0.39 is 0 Å². The first-order valence-electron chi connectivity index (χ1n) is 5.41. The fourth-order valence-corrected chi connectivity index (χ4v) is 1.83. The van der Waals surface area contributed by atoms with Gasteiger partial charge in [0, 0.05) is 18.0 Å². The van der Waals surface area contributed by atoms with Gasteiger partial charge >= 0.3 is 0 Å². The molecule has 1 aliphatic heterocycles. The van der Waals surface area contributed by atoms with E-state index in [-0.39, 0.29) is 5.91 Å². The number of nitrogens with one attached hydrogen (secondary N) is 1. The molecule has 16 heavy (non-hydrogen) atoms. The van der Waals surface area contributed by atoms with E-state index in [0.717, 1.165) is 36.3 Å². The number of rotatable bonds is 4. The molecule has 1 heterocycles. The summed E-state index contributed by atoms with van der Waals surface area (Å²) in [5, 5.41) is 2.82. The molecule has 0 fully saturated rings. The maximum atomic E-state index is 11.6. The predicted molar refractivity (Wildman–Crippen MR) is 63.3 cm³/mol. The molecule has 0 radical (unpaired) electrons. The third-order valence-corrected chi connectivity index (χ3v) is 2.82. The van der Waals surface area contributed by atoms with Crippen molar-refractivity contribution >= 4 is 17.5 Å². The number of hydrogen-bond donors (Lipinski definition) is 1. The molecule has 3 nitrogen and oxygen atoms in total. The van der Waals surface area contributed by atoms with Crippen LogP contribution >= 0.6 is 11.6 Å². The van der Waals surface area contributed by atoms with Crippen molar-refractivity contribution in [3.8, 4) is 5.75 Å².